The Morgan fingerprint density at radius 3 is 2.08 bits per heavy atom. The predicted octanol–water partition coefficient (Wildman–Crippen LogP) is 3.73. The van der Waals surface area contributed by atoms with Crippen molar-refractivity contribution >= 4 is 29.5 Å². The zero-order valence-electron chi connectivity index (χ0n) is 18.8. The van der Waals surface area contributed by atoms with E-state index in [-0.39, 0.29) is 16.7 Å². The lowest BCUT2D eigenvalue weighted by atomic mass is 9.93. The Bertz CT molecular complexity index is 1060. The van der Waals surface area contributed by atoms with Crippen LogP contribution in [-0.2, 0) is 9.59 Å². The minimum absolute atomic E-state index is 0.00986. The second-order valence-corrected chi connectivity index (χ2v) is 9.21. The van der Waals surface area contributed by atoms with Gasteiger partial charge in [-0.05, 0) is 31.2 Å². The molecule has 0 aliphatic carbocycles. The highest BCUT2D eigenvalue weighted by Gasteiger charge is 2.50. The minimum Gasteiger partial charge on any atom is -0.475 e. The first kappa shape index (κ1) is 29.9. The number of carboxylic acids is 2. The number of carbonyl (C=O) groups is 2. The molecule has 2 saturated heterocycles. The lowest BCUT2D eigenvalue weighted by Gasteiger charge is -2.47. The van der Waals surface area contributed by atoms with Crippen molar-refractivity contribution in [3.63, 3.8) is 0 Å². The number of alkyl halides is 6. The van der Waals surface area contributed by atoms with Crippen molar-refractivity contribution in [3.05, 3.63) is 42.0 Å². The molecule has 2 aliphatic heterocycles. The van der Waals surface area contributed by atoms with Crippen LogP contribution in [0.15, 0.2) is 30.5 Å². The van der Waals surface area contributed by atoms with Crippen LogP contribution in [0.1, 0.15) is 12.1 Å². The van der Waals surface area contributed by atoms with E-state index in [0.717, 1.165) is 36.8 Å². The maximum atomic E-state index is 13.6. The van der Waals surface area contributed by atoms with Gasteiger partial charge in [0.1, 0.15) is 6.10 Å². The summed E-state index contributed by atoms with van der Waals surface area (Å²) in [4.78, 5) is 24.0. The number of hydrogen-bond donors (Lipinski definition) is 2. The van der Waals surface area contributed by atoms with Crippen LogP contribution >= 0.6 is 11.8 Å². The smallest absolute Gasteiger partial charge is 0.475 e. The number of halogens is 7. The normalized spacial score (nSPS) is 18.1. The van der Waals surface area contributed by atoms with Gasteiger partial charge in [-0.3, -0.25) is 0 Å². The van der Waals surface area contributed by atoms with E-state index in [1.54, 1.807) is 12.3 Å². The topological polar surface area (TPSA) is 126 Å². The number of pyridine rings is 1. The second-order valence-electron chi connectivity index (χ2n) is 7.72. The van der Waals surface area contributed by atoms with E-state index in [9.17, 15) is 30.7 Å². The van der Waals surface area contributed by atoms with Crippen LogP contribution in [0.4, 0.5) is 36.6 Å². The highest BCUT2D eigenvalue weighted by atomic mass is 32.2. The summed E-state index contributed by atoms with van der Waals surface area (Å²) < 4.78 is 83.0. The summed E-state index contributed by atoms with van der Waals surface area (Å²) in [6.07, 6.45) is -7.70. The molecule has 0 amide bonds. The number of aromatic nitrogens is 3. The fraction of sp³-hybridized carbons (Fsp3) is 0.450. The Morgan fingerprint density at radius 1 is 1.05 bits per heavy atom. The van der Waals surface area contributed by atoms with Gasteiger partial charge in [0.15, 0.2) is 11.6 Å². The molecule has 0 aromatic carbocycles. The molecule has 1 atom stereocenters. The molecule has 2 aromatic rings. The highest BCUT2D eigenvalue weighted by Crippen LogP contribution is 2.47. The molecular formula is C20H19F7N4O5S. The van der Waals surface area contributed by atoms with Crippen LogP contribution < -0.4 is 9.64 Å². The van der Waals surface area contributed by atoms with E-state index in [1.807, 2.05) is 30.8 Å². The van der Waals surface area contributed by atoms with Gasteiger partial charge < -0.3 is 19.8 Å². The molecule has 4 heterocycles. The van der Waals surface area contributed by atoms with Gasteiger partial charge in [-0.1, -0.05) is 0 Å². The summed E-state index contributed by atoms with van der Waals surface area (Å²) in [7, 11) is 0. The standard InChI is InChI=1S/C16H17FN4OS.2C2HF3O2/c1-11-4-5-14(20-19-11)21-9-16(10-21)7-12(8-23-16)22-15-13(17)3-2-6-18-15;2*3-2(4,5)1(6)7/h2-6,12H,7-10H2,1H3;2*(H,6,7). The van der Waals surface area contributed by atoms with Crippen LogP contribution in [0.2, 0.25) is 0 Å². The van der Waals surface area contributed by atoms with E-state index >= 15 is 0 Å². The van der Waals surface area contributed by atoms with Gasteiger partial charge in [0, 0.05) is 31.5 Å². The molecule has 9 nitrogen and oxygen atoms in total. The Balaban J connectivity index is 0.000000286. The summed E-state index contributed by atoms with van der Waals surface area (Å²) in [6.45, 7) is 3.79. The number of ether oxygens (including phenoxy) is 1. The first-order valence-electron chi connectivity index (χ1n) is 10.1. The average Bonchev–Trinajstić information content (AvgIpc) is 3.19. The van der Waals surface area contributed by atoms with Crippen molar-refractivity contribution in [2.24, 2.45) is 0 Å². The number of anilines is 1. The quantitative estimate of drug-likeness (QED) is 0.537. The molecule has 0 radical (unpaired) electrons. The Morgan fingerprint density at radius 2 is 1.62 bits per heavy atom. The molecule has 37 heavy (non-hydrogen) atoms. The SMILES string of the molecule is Cc1ccc(N2CC3(CC(Oc4ncccc4F)CS3)C2)nn1.O=C(O)C(F)(F)F.O=C(O)C(F)(F)F. The molecule has 1 spiro atoms. The van der Waals surface area contributed by atoms with Crippen LogP contribution in [0.25, 0.3) is 0 Å². The summed E-state index contributed by atoms with van der Waals surface area (Å²) in [5.41, 5.74) is 0.921. The highest BCUT2D eigenvalue weighted by molar-refractivity contribution is 8.01. The number of thioether (sulfide) groups is 1. The first-order valence-corrected chi connectivity index (χ1v) is 11.1. The summed E-state index contributed by atoms with van der Waals surface area (Å²) in [5.74, 6) is -4.02. The van der Waals surface area contributed by atoms with Gasteiger partial charge in [-0.25, -0.2) is 19.0 Å². The maximum absolute atomic E-state index is 13.6. The van der Waals surface area contributed by atoms with Crippen molar-refractivity contribution in [3.8, 4) is 5.88 Å². The summed E-state index contributed by atoms with van der Waals surface area (Å²) >= 11 is 1.90. The fourth-order valence-electron chi connectivity index (χ4n) is 3.09. The minimum atomic E-state index is -5.08. The van der Waals surface area contributed by atoms with Crippen LogP contribution in [0.3, 0.4) is 0 Å². The first-order chi connectivity index (χ1) is 17.0. The van der Waals surface area contributed by atoms with E-state index in [2.05, 4.69) is 20.1 Å². The zero-order chi connectivity index (χ0) is 28.0. The lowest BCUT2D eigenvalue weighted by molar-refractivity contribution is -0.193. The molecule has 4 rings (SSSR count). The van der Waals surface area contributed by atoms with Crippen LogP contribution in [0, 0.1) is 12.7 Å². The van der Waals surface area contributed by atoms with E-state index in [1.165, 1.54) is 6.07 Å². The van der Waals surface area contributed by atoms with Crippen LogP contribution in [0.5, 0.6) is 5.88 Å². The number of aryl methyl sites for hydroxylation is 1. The average molecular weight is 560 g/mol. The van der Waals surface area contributed by atoms with E-state index < -0.39 is 30.1 Å². The van der Waals surface area contributed by atoms with Gasteiger partial charge in [-0.15, -0.1) is 16.9 Å². The summed E-state index contributed by atoms with van der Waals surface area (Å²) in [6, 6.07) is 6.93. The van der Waals surface area contributed by atoms with Gasteiger partial charge >= 0.3 is 24.3 Å². The zero-order valence-corrected chi connectivity index (χ0v) is 19.6. The number of hydrogen-bond acceptors (Lipinski definition) is 8. The third-order valence-corrected chi connectivity index (χ3v) is 6.30. The number of aliphatic carboxylic acids is 2. The van der Waals surface area contributed by atoms with E-state index in [0.29, 0.717) is 0 Å². The number of carboxylic acid groups (broad SMARTS) is 2. The molecule has 17 heteroatoms. The molecule has 0 saturated carbocycles. The van der Waals surface area contributed by atoms with E-state index in [4.69, 9.17) is 24.5 Å². The van der Waals surface area contributed by atoms with Gasteiger partial charge in [0.2, 0.25) is 0 Å². The molecular weight excluding hydrogens is 541 g/mol. The third-order valence-electron chi connectivity index (χ3n) is 4.73. The molecule has 204 valence electrons. The predicted molar refractivity (Wildman–Crippen MR) is 115 cm³/mol. The maximum Gasteiger partial charge on any atom is 0.490 e. The van der Waals surface area contributed by atoms with Gasteiger partial charge in [0.05, 0.1) is 10.4 Å². The van der Waals surface area contributed by atoms with Crippen molar-refractivity contribution in [1.29, 1.82) is 0 Å². The molecule has 2 aliphatic rings. The van der Waals surface area contributed by atoms with Gasteiger partial charge in [-0.2, -0.15) is 31.4 Å². The summed E-state index contributed by atoms with van der Waals surface area (Å²) in [5, 5.41) is 22.6. The molecule has 2 fully saturated rings. The molecule has 2 N–H and O–H groups in total. The Labute approximate surface area is 208 Å². The van der Waals surface area contributed by atoms with Crippen molar-refractivity contribution in [1.82, 2.24) is 15.2 Å². The third kappa shape index (κ3) is 8.91. The molecule has 1 unspecified atom stereocenters. The largest absolute Gasteiger partial charge is 0.490 e. The number of nitrogens with zero attached hydrogens (tertiary/aromatic N) is 4. The van der Waals surface area contributed by atoms with Crippen molar-refractivity contribution in [2.75, 3.05) is 23.7 Å². The Hall–Kier alpha value is -3.37. The fourth-order valence-corrected chi connectivity index (χ4v) is 4.61. The number of rotatable bonds is 3. The monoisotopic (exact) mass is 560 g/mol. The molecule has 0 bridgehead atoms. The Kier molecular flexibility index (Phi) is 9.51. The second kappa shape index (κ2) is 11.8. The molecule has 2 aromatic heterocycles. The van der Waals surface area contributed by atoms with Gasteiger partial charge in [0.25, 0.3) is 5.88 Å². The van der Waals surface area contributed by atoms with Crippen LogP contribution in [-0.4, -0.2) is 79.4 Å². The van der Waals surface area contributed by atoms with Crippen molar-refractivity contribution < 1.29 is 55.3 Å². The lowest BCUT2D eigenvalue weighted by Crippen LogP contribution is -2.59. The van der Waals surface area contributed by atoms with Crippen molar-refractivity contribution in [2.45, 2.75) is 36.5 Å².